The van der Waals surface area contributed by atoms with Crippen LogP contribution in [0.15, 0.2) is 84.9 Å². The van der Waals surface area contributed by atoms with Gasteiger partial charge in [-0.3, -0.25) is 0 Å². The number of hydrogen-bond acceptors (Lipinski definition) is 0. The average Bonchev–Trinajstić information content (AvgIpc) is 2.69. The topological polar surface area (TPSA) is 0 Å². The minimum atomic E-state index is 1.32. The molecular formula is C28H26. The third-order valence-electron chi connectivity index (χ3n) is 5.48. The Balaban J connectivity index is 0.000000143. The van der Waals surface area contributed by atoms with Crippen molar-refractivity contribution in [3.8, 4) is 0 Å². The normalized spacial score (nSPS) is 10.9. The van der Waals surface area contributed by atoms with E-state index >= 15 is 0 Å². The molecule has 0 heterocycles. The standard InChI is InChI=1S/C16H14.C12H12/c1-11-7-8-15-14-6-4-3-5-13(14)10-12(2)16(15)9-11;1-9-6-7-11-5-3-4-10(2)12(11)8-9/h3-10H,1-2H3;3-8H,1-2H3. The summed E-state index contributed by atoms with van der Waals surface area (Å²) >= 11 is 0. The van der Waals surface area contributed by atoms with Gasteiger partial charge in [0.1, 0.15) is 0 Å². The van der Waals surface area contributed by atoms with Crippen LogP contribution in [-0.4, -0.2) is 0 Å². The molecule has 138 valence electrons. The third-order valence-corrected chi connectivity index (χ3v) is 5.48. The molecule has 0 radical (unpaired) electrons. The molecule has 0 aliphatic carbocycles. The fourth-order valence-electron chi connectivity index (χ4n) is 3.94. The van der Waals surface area contributed by atoms with Gasteiger partial charge in [-0.1, -0.05) is 96.1 Å². The summed E-state index contributed by atoms with van der Waals surface area (Å²) < 4.78 is 0. The molecule has 0 saturated heterocycles. The molecule has 0 heteroatoms. The summed E-state index contributed by atoms with van der Waals surface area (Å²) in [5, 5.41) is 8.12. The lowest BCUT2D eigenvalue weighted by molar-refractivity contribution is 1.47. The second kappa shape index (κ2) is 7.48. The van der Waals surface area contributed by atoms with Crippen molar-refractivity contribution in [2.45, 2.75) is 27.7 Å². The Morgan fingerprint density at radius 2 is 1.07 bits per heavy atom. The first kappa shape index (κ1) is 18.3. The van der Waals surface area contributed by atoms with Crippen molar-refractivity contribution in [2.24, 2.45) is 0 Å². The largest absolute Gasteiger partial charge is 0.0616 e. The number of rotatable bonds is 0. The van der Waals surface area contributed by atoms with Crippen molar-refractivity contribution in [1.29, 1.82) is 0 Å². The number of fused-ring (bicyclic) bond motifs is 4. The predicted molar refractivity (Wildman–Crippen MR) is 124 cm³/mol. The van der Waals surface area contributed by atoms with Crippen LogP contribution < -0.4 is 0 Å². The Kier molecular flexibility index (Phi) is 4.88. The molecule has 0 nitrogen and oxygen atoms in total. The second-order valence-corrected chi connectivity index (χ2v) is 7.76. The van der Waals surface area contributed by atoms with Crippen LogP contribution in [0.25, 0.3) is 32.3 Å². The average molecular weight is 363 g/mol. The van der Waals surface area contributed by atoms with Gasteiger partial charge in [-0.25, -0.2) is 0 Å². The zero-order chi connectivity index (χ0) is 19.7. The van der Waals surface area contributed by atoms with E-state index in [-0.39, 0.29) is 0 Å². The van der Waals surface area contributed by atoms with Crippen LogP contribution >= 0.6 is 0 Å². The van der Waals surface area contributed by atoms with Crippen molar-refractivity contribution in [2.75, 3.05) is 0 Å². The van der Waals surface area contributed by atoms with E-state index in [1.807, 2.05) is 0 Å². The van der Waals surface area contributed by atoms with E-state index in [0.29, 0.717) is 0 Å². The first-order chi connectivity index (χ1) is 13.5. The second-order valence-electron chi connectivity index (χ2n) is 7.76. The van der Waals surface area contributed by atoms with E-state index in [0.717, 1.165) is 0 Å². The minimum Gasteiger partial charge on any atom is -0.0616 e. The SMILES string of the molecule is Cc1ccc2c(c1)c(C)cc1ccccc12.Cc1ccc2cccc(C)c2c1. The smallest absolute Gasteiger partial charge is 0.0103 e. The lowest BCUT2D eigenvalue weighted by atomic mass is 9.97. The molecule has 0 amide bonds. The highest BCUT2D eigenvalue weighted by atomic mass is 14.1. The summed E-state index contributed by atoms with van der Waals surface area (Å²) in [5.41, 5.74) is 5.37. The third kappa shape index (κ3) is 3.51. The van der Waals surface area contributed by atoms with E-state index < -0.39 is 0 Å². The highest BCUT2D eigenvalue weighted by Gasteiger charge is 2.03. The lowest BCUT2D eigenvalue weighted by Crippen LogP contribution is -1.83. The monoisotopic (exact) mass is 362 g/mol. The number of aryl methyl sites for hydroxylation is 4. The summed E-state index contributed by atoms with van der Waals surface area (Å²) in [6.45, 7) is 8.62. The Morgan fingerprint density at radius 1 is 0.393 bits per heavy atom. The van der Waals surface area contributed by atoms with Crippen LogP contribution in [0.1, 0.15) is 22.3 Å². The molecule has 28 heavy (non-hydrogen) atoms. The Labute approximate surface area is 167 Å². The molecule has 0 aromatic heterocycles. The maximum atomic E-state index is 2.27. The molecular weight excluding hydrogens is 336 g/mol. The van der Waals surface area contributed by atoms with Gasteiger partial charge in [0.2, 0.25) is 0 Å². The zero-order valence-corrected chi connectivity index (χ0v) is 17.1. The van der Waals surface area contributed by atoms with Crippen LogP contribution in [0.4, 0.5) is 0 Å². The van der Waals surface area contributed by atoms with Gasteiger partial charge in [0.15, 0.2) is 0 Å². The van der Waals surface area contributed by atoms with Crippen molar-refractivity contribution in [3.63, 3.8) is 0 Å². The predicted octanol–water partition coefficient (Wildman–Crippen LogP) is 8.07. The van der Waals surface area contributed by atoms with Crippen molar-refractivity contribution >= 4 is 32.3 Å². The van der Waals surface area contributed by atoms with Gasteiger partial charge in [0.05, 0.1) is 0 Å². The van der Waals surface area contributed by atoms with E-state index in [1.165, 1.54) is 54.6 Å². The van der Waals surface area contributed by atoms with Crippen molar-refractivity contribution in [3.05, 3.63) is 107 Å². The van der Waals surface area contributed by atoms with Crippen LogP contribution in [0, 0.1) is 27.7 Å². The van der Waals surface area contributed by atoms with E-state index in [4.69, 9.17) is 0 Å². The molecule has 0 saturated carbocycles. The summed E-state index contributed by atoms with van der Waals surface area (Å²) in [6, 6.07) is 30.6. The molecule has 5 rings (SSSR count). The minimum absolute atomic E-state index is 1.32. The summed E-state index contributed by atoms with van der Waals surface area (Å²) in [4.78, 5) is 0. The molecule has 0 N–H and O–H groups in total. The first-order valence-electron chi connectivity index (χ1n) is 9.87. The Bertz CT molecular complexity index is 1290. The van der Waals surface area contributed by atoms with Crippen LogP contribution in [0.5, 0.6) is 0 Å². The quantitative estimate of drug-likeness (QED) is 0.244. The van der Waals surface area contributed by atoms with Gasteiger partial charge in [-0.15, -0.1) is 0 Å². The van der Waals surface area contributed by atoms with Crippen molar-refractivity contribution in [1.82, 2.24) is 0 Å². The van der Waals surface area contributed by atoms with Gasteiger partial charge >= 0.3 is 0 Å². The highest BCUT2D eigenvalue weighted by Crippen LogP contribution is 2.28. The fraction of sp³-hybridized carbons (Fsp3) is 0.143. The Morgan fingerprint density at radius 3 is 1.89 bits per heavy atom. The highest BCUT2D eigenvalue weighted by molar-refractivity contribution is 6.09. The summed E-state index contributed by atoms with van der Waals surface area (Å²) in [5.74, 6) is 0. The first-order valence-corrected chi connectivity index (χ1v) is 9.87. The molecule has 0 atom stereocenters. The number of benzene rings is 5. The van der Waals surface area contributed by atoms with Gasteiger partial charge in [0, 0.05) is 0 Å². The molecule has 0 bridgehead atoms. The van der Waals surface area contributed by atoms with Crippen LogP contribution in [0.3, 0.4) is 0 Å². The van der Waals surface area contributed by atoms with Gasteiger partial charge in [-0.2, -0.15) is 0 Å². The Hall–Kier alpha value is -3.12. The summed E-state index contributed by atoms with van der Waals surface area (Å²) in [6.07, 6.45) is 0. The van der Waals surface area contributed by atoms with Crippen molar-refractivity contribution < 1.29 is 0 Å². The van der Waals surface area contributed by atoms with E-state index in [1.54, 1.807) is 0 Å². The van der Waals surface area contributed by atoms with Crippen LogP contribution in [-0.2, 0) is 0 Å². The van der Waals surface area contributed by atoms with E-state index in [9.17, 15) is 0 Å². The molecule has 5 aromatic carbocycles. The molecule has 5 aromatic rings. The fourth-order valence-corrected chi connectivity index (χ4v) is 3.94. The maximum absolute atomic E-state index is 2.27. The molecule has 0 unspecified atom stereocenters. The molecule has 0 fully saturated rings. The van der Waals surface area contributed by atoms with Gasteiger partial charge < -0.3 is 0 Å². The zero-order valence-electron chi connectivity index (χ0n) is 17.1. The number of hydrogen-bond donors (Lipinski definition) is 0. The molecule has 0 aliphatic rings. The summed E-state index contributed by atoms with van der Waals surface area (Å²) in [7, 11) is 0. The van der Waals surface area contributed by atoms with Gasteiger partial charge in [0.25, 0.3) is 0 Å². The van der Waals surface area contributed by atoms with Gasteiger partial charge in [-0.05, 0) is 71.1 Å². The molecule has 0 aliphatic heterocycles. The maximum Gasteiger partial charge on any atom is -0.0103 e. The molecule has 0 spiro atoms. The lowest BCUT2D eigenvalue weighted by Gasteiger charge is -2.08. The van der Waals surface area contributed by atoms with E-state index in [2.05, 4.69) is 113 Å². The van der Waals surface area contributed by atoms with Crippen LogP contribution in [0.2, 0.25) is 0 Å².